The molecule has 0 unspecified atom stereocenters. The molecule has 1 aromatic carbocycles. The van der Waals surface area contributed by atoms with Crippen molar-refractivity contribution in [2.75, 3.05) is 0 Å². The molecule has 0 saturated carbocycles. The first-order valence-electron chi connectivity index (χ1n) is 5.88. The summed E-state index contributed by atoms with van der Waals surface area (Å²) in [5.74, 6) is 0.508. The zero-order chi connectivity index (χ0) is 13.1. The van der Waals surface area contributed by atoms with Gasteiger partial charge >= 0.3 is 0 Å². The topological polar surface area (TPSA) is 34.9 Å². The summed E-state index contributed by atoms with van der Waals surface area (Å²) >= 11 is 2.26. The van der Waals surface area contributed by atoms with Crippen LogP contribution < -0.4 is 0 Å². The Labute approximate surface area is 120 Å². The summed E-state index contributed by atoms with van der Waals surface area (Å²) in [4.78, 5) is 11.1. The van der Waals surface area contributed by atoms with Gasteiger partial charge in [-0.15, -0.1) is 0 Å². The van der Waals surface area contributed by atoms with E-state index in [-0.39, 0.29) is 0 Å². The molecule has 1 heterocycles. The van der Waals surface area contributed by atoms with Crippen molar-refractivity contribution in [3.05, 3.63) is 39.6 Å². The van der Waals surface area contributed by atoms with Crippen molar-refractivity contribution in [2.24, 2.45) is 5.92 Å². The van der Waals surface area contributed by atoms with Crippen LogP contribution in [0.5, 0.6) is 0 Å². The Balaban J connectivity index is 2.39. The molecule has 3 nitrogen and oxygen atoms in total. The predicted octanol–water partition coefficient (Wildman–Crippen LogP) is 3.62. The number of hydrogen-bond donors (Lipinski definition) is 0. The fraction of sp³-hybridized carbons (Fsp3) is 0.286. The van der Waals surface area contributed by atoms with Crippen LogP contribution in [0.25, 0.3) is 11.3 Å². The molecule has 0 aliphatic carbocycles. The first-order chi connectivity index (χ1) is 8.60. The molecule has 0 radical (unpaired) electrons. The molecule has 0 saturated heterocycles. The van der Waals surface area contributed by atoms with E-state index in [1.54, 1.807) is 0 Å². The van der Waals surface area contributed by atoms with Crippen LogP contribution in [0.3, 0.4) is 0 Å². The highest BCUT2D eigenvalue weighted by atomic mass is 127. The molecule has 1 aromatic heterocycles. The SMILES string of the molecule is CC(C)Cn1cc(C=O)c(-c2ccc(I)cc2)n1. The van der Waals surface area contributed by atoms with Crippen molar-refractivity contribution in [1.29, 1.82) is 0 Å². The smallest absolute Gasteiger partial charge is 0.153 e. The first-order valence-corrected chi connectivity index (χ1v) is 6.96. The predicted molar refractivity (Wildman–Crippen MR) is 80.6 cm³/mol. The van der Waals surface area contributed by atoms with Gasteiger partial charge in [0.15, 0.2) is 6.29 Å². The number of benzene rings is 1. The second-order valence-corrected chi connectivity index (χ2v) is 5.92. The van der Waals surface area contributed by atoms with E-state index in [1.807, 2.05) is 35.1 Å². The van der Waals surface area contributed by atoms with Gasteiger partial charge in [-0.2, -0.15) is 5.10 Å². The molecule has 0 N–H and O–H groups in total. The monoisotopic (exact) mass is 354 g/mol. The molecule has 0 spiro atoms. The van der Waals surface area contributed by atoms with Crippen molar-refractivity contribution in [1.82, 2.24) is 9.78 Å². The van der Waals surface area contributed by atoms with Crippen LogP contribution in [0.4, 0.5) is 0 Å². The molecule has 0 fully saturated rings. The lowest BCUT2D eigenvalue weighted by atomic mass is 10.1. The molecule has 0 aliphatic rings. The van der Waals surface area contributed by atoms with Gasteiger partial charge in [0, 0.05) is 21.9 Å². The van der Waals surface area contributed by atoms with Crippen LogP contribution in [0.1, 0.15) is 24.2 Å². The Morgan fingerprint density at radius 3 is 2.56 bits per heavy atom. The maximum Gasteiger partial charge on any atom is 0.153 e. The zero-order valence-corrected chi connectivity index (χ0v) is 12.6. The van der Waals surface area contributed by atoms with Crippen LogP contribution in [0.2, 0.25) is 0 Å². The van der Waals surface area contributed by atoms with Gasteiger partial charge in [-0.05, 0) is 40.6 Å². The summed E-state index contributed by atoms with van der Waals surface area (Å²) < 4.78 is 3.02. The molecule has 0 amide bonds. The summed E-state index contributed by atoms with van der Waals surface area (Å²) in [5.41, 5.74) is 2.40. The summed E-state index contributed by atoms with van der Waals surface area (Å²) in [6, 6.07) is 8.03. The molecular formula is C14H15IN2O. The highest BCUT2D eigenvalue weighted by Gasteiger charge is 2.11. The van der Waals surface area contributed by atoms with Crippen LogP contribution in [-0.2, 0) is 6.54 Å². The average Bonchev–Trinajstić information content (AvgIpc) is 2.72. The van der Waals surface area contributed by atoms with E-state index in [0.29, 0.717) is 11.5 Å². The summed E-state index contributed by atoms with van der Waals surface area (Å²) in [6.45, 7) is 5.09. The Hall–Kier alpha value is -1.17. The number of halogens is 1. The number of aromatic nitrogens is 2. The summed E-state index contributed by atoms with van der Waals surface area (Å²) in [6.07, 6.45) is 2.69. The minimum absolute atomic E-state index is 0.508. The van der Waals surface area contributed by atoms with Gasteiger partial charge in [0.2, 0.25) is 0 Å². The van der Waals surface area contributed by atoms with Crippen LogP contribution in [0, 0.1) is 9.49 Å². The molecule has 0 aliphatic heterocycles. The number of rotatable bonds is 4. The van der Waals surface area contributed by atoms with E-state index in [2.05, 4.69) is 41.5 Å². The number of carbonyl (C=O) groups excluding carboxylic acids is 1. The molecule has 94 valence electrons. The second-order valence-electron chi connectivity index (χ2n) is 4.67. The number of nitrogens with zero attached hydrogens (tertiary/aromatic N) is 2. The molecule has 4 heteroatoms. The van der Waals surface area contributed by atoms with E-state index < -0.39 is 0 Å². The third kappa shape index (κ3) is 2.98. The highest BCUT2D eigenvalue weighted by Crippen LogP contribution is 2.22. The van der Waals surface area contributed by atoms with Gasteiger partial charge in [-0.3, -0.25) is 9.48 Å². The maximum atomic E-state index is 11.1. The van der Waals surface area contributed by atoms with E-state index in [1.165, 1.54) is 3.57 Å². The molecule has 2 rings (SSSR count). The van der Waals surface area contributed by atoms with E-state index in [0.717, 1.165) is 24.1 Å². The molecular weight excluding hydrogens is 339 g/mol. The number of aldehydes is 1. The number of carbonyl (C=O) groups is 1. The standard InChI is InChI=1S/C14H15IN2O/c1-10(2)7-17-8-12(9-18)14(16-17)11-3-5-13(15)6-4-11/h3-6,8-10H,7H2,1-2H3. The molecule has 0 atom stereocenters. The lowest BCUT2D eigenvalue weighted by Crippen LogP contribution is -2.04. The average molecular weight is 354 g/mol. The molecule has 2 aromatic rings. The third-order valence-electron chi connectivity index (χ3n) is 2.59. The molecule has 18 heavy (non-hydrogen) atoms. The van der Waals surface area contributed by atoms with E-state index in [9.17, 15) is 4.79 Å². The number of hydrogen-bond acceptors (Lipinski definition) is 2. The van der Waals surface area contributed by atoms with Crippen molar-refractivity contribution >= 4 is 28.9 Å². The minimum Gasteiger partial charge on any atom is -0.298 e. The Morgan fingerprint density at radius 2 is 2.00 bits per heavy atom. The van der Waals surface area contributed by atoms with Gasteiger partial charge in [-0.25, -0.2) is 0 Å². The lowest BCUT2D eigenvalue weighted by Gasteiger charge is -2.03. The highest BCUT2D eigenvalue weighted by molar-refractivity contribution is 14.1. The third-order valence-corrected chi connectivity index (χ3v) is 3.31. The van der Waals surface area contributed by atoms with E-state index >= 15 is 0 Å². The summed E-state index contributed by atoms with van der Waals surface area (Å²) in [5, 5.41) is 4.50. The first kappa shape index (κ1) is 13.3. The van der Waals surface area contributed by atoms with Crippen LogP contribution in [0.15, 0.2) is 30.5 Å². The van der Waals surface area contributed by atoms with E-state index in [4.69, 9.17) is 0 Å². The largest absolute Gasteiger partial charge is 0.298 e. The zero-order valence-electron chi connectivity index (χ0n) is 10.4. The molecule has 0 bridgehead atoms. The van der Waals surface area contributed by atoms with Crippen LogP contribution >= 0.6 is 22.6 Å². The maximum absolute atomic E-state index is 11.1. The van der Waals surface area contributed by atoms with Crippen molar-refractivity contribution < 1.29 is 4.79 Å². The normalized spacial score (nSPS) is 10.9. The lowest BCUT2D eigenvalue weighted by molar-refractivity contribution is 0.112. The quantitative estimate of drug-likeness (QED) is 0.621. The summed E-state index contributed by atoms with van der Waals surface area (Å²) in [7, 11) is 0. The van der Waals surface area contributed by atoms with Crippen molar-refractivity contribution in [3.8, 4) is 11.3 Å². The Kier molecular flexibility index (Phi) is 4.16. The fourth-order valence-corrected chi connectivity index (χ4v) is 2.18. The minimum atomic E-state index is 0.508. The van der Waals surface area contributed by atoms with Crippen molar-refractivity contribution in [3.63, 3.8) is 0 Å². The van der Waals surface area contributed by atoms with Gasteiger partial charge in [-0.1, -0.05) is 26.0 Å². The Morgan fingerprint density at radius 1 is 1.33 bits per heavy atom. The fourth-order valence-electron chi connectivity index (χ4n) is 1.82. The van der Waals surface area contributed by atoms with Crippen LogP contribution in [-0.4, -0.2) is 16.1 Å². The second kappa shape index (κ2) is 5.65. The van der Waals surface area contributed by atoms with Gasteiger partial charge in [0.05, 0.1) is 5.56 Å². The van der Waals surface area contributed by atoms with Gasteiger partial charge in [0.1, 0.15) is 5.69 Å². The van der Waals surface area contributed by atoms with Gasteiger partial charge < -0.3 is 0 Å². The Bertz CT molecular complexity index is 543. The van der Waals surface area contributed by atoms with Gasteiger partial charge in [0.25, 0.3) is 0 Å². The van der Waals surface area contributed by atoms with Crippen molar-refractivity contribution in [2.45, 2.75) is 20.4 Å².